The Labute approximate surface area is 165 Å². The average molecular weight is 429 g/mol. The molecule has 10 heteroatoms. The van der Waals surface area contributed by atoms with E-state index < -0.39 is 10.0 Å². The molecule has 0 saturated carbocycles. The molecule has 1 saturated heterocycles. The van der Waals surface area contributed by atoms with E-state index in [1.165, 1.54) is 22.5 Å². The minimum Gasteiger partial charge on any atom is -0.353 e. The molecule has 4 rings (SSSR count). The van der Waals surface area contributed by atoms with Crippen molar-refractivity contribution in [2.24, 2.45) is 0 Å². The zero-order valence-corrected chi connectivity index (χ0v) is 16.6. The van der Waals surface area contributed by atoms with Crippen molar-refractivity contribution in [1.29, 1.82) is 0 Å². The summed E-state index contributed by atoms with van der Waals surface area (Å²) < 4.78 is 27.2. The molecular weight excluding hydrogens is 415 g/mol. The maximum absolute atomic E-state index is 12.9. The lowest BCUT2D eigenvalue weighted by molar-refractivity contribution is 0.384. The zero-order chi connectivity index (χ0) is 18.3. The fourth-order valence-corrected chi connectivity index (χ4v) is 5.89. The number of piperazine rings is 1. The lowest BCUT2D eigenvalue weighted by Gasteiger charge is -2.35. The van der Waals surface area contributed by atoms with E-state index in [0.717, 1.165) is 16.0 Å². The lowest BCUT2D eigenvalue weighted by atomic mass is 10.3. The van der Waals surface area contributed by atoms with E-state index in [2.05, 4.69) is 14.9 Å². The van der Waals surface area contributed by atoms with Gasteiger partial charge in [0, 0.05) is 31.2 Å². The Balaban J connectivity index is 1.55. The number of halogens is 2. The highest BCUT2D eigenvalue weighted by Crippen LogP contribution is 2.30. The molecule has 0 amide bonds. The van der Waals surface area contributed by atoms with Gasteiger partial charge in [-0.1, -0.05) is 23.2 Å². The summed E-state index contributed by atoms with van der Waals surface area (Å²) in [5.74, 6) is 0.845. The van der Waals surface area contributed by atoms with Crippen molar-refractivity contribution < 1.29 is 8.42 Å². The van der Waals surface area contributed by atoms with Crippen molar-refractivity contribution in [2.45, 2.75) is 4.90 Å². The first-order valence-electron chi connectivity index (χ1n) is 7.85. The third-order valence-electron chi connectivity index (χ3n) is 4.29. The highest BCUT2D eigenvalue weighted by atomic mass is 35.5. The Morgan fingerprint density at radius 2 is 1.81 bits per heavy atom. The predicted octanol–water partition coefficient (Wildman–Crippen LogP) is 3.51. The molecule has 0 unspecified atom stereocenters. The number of anilines is 1. The second-order valence-electron chi connectivity index (χ2n) is 5.80. The van der Waals surface area contributed by atoms with Gasteiger partial charge in [-0.25, -0.2) is 18.4 Å². The monoisotopic (exact) mass is 428 g/mol. The van der Waals surface area contributed by atoms with Gasteiger partial charge in [0.1, 0.15) is 21.9 Å². The molecule has 0 atom stereocenters. The second-order valence-corrected chi connectivity index (χ2v) is 9.45. The molecule has 0 radical (unpaired) electrons. The van der Waals surface area contributed by atoms with Crippen LogP contribution in [0.25, 0.3) is 10.2 Å². The lowest BCUT2D eigenvalue weighted by Crippen LogP contribution is -2.49. The van der Waals surface area contributed by atoms with Gasteiger partial charge in [0.05, 0.1) is 10.4 Å². The van der Waals surface area contributed by atoms with E-state index in [0.29, 0.717) is 31.2 Å². The molecule has 2 aromatic heterocycles. The Morgan fingerprint density at radius 3 is 2.54 bits per heavy atom. The first kappa shape index (κ1) is 17.9. The SMILES string of the molecule is O=S(=O)(c1ccc(Cl)cc1Cl)N1CCN(c2ncnc3sccc23)CC1. The molecular formula is C16H14Cl2N4O2S2. The number of hydrogen-bond donors (Lipinski definition) is 0. The molecule has 1 aliphatic heterocycles. The largest absolute Gasteiger partial charge is 0.353 e. The van der Waals surface area contributed by atoms with Crippen molar-refractivity contribution in [3.63, 3.8) is 0 Å². The Bertz CT molecular complexity index is 1060. The molecule has 3 heterocycles. The van der Waals surface area contributed by atoms with Crippen molar-refractivity contribution in [1.82, 2.24) is 14.3 Å². The number of fused-ring (bicyclic) bond motifs is 1. The summed E-state index contributed by atoms with van der Waals surface area (Å²) in [4.78, 5) is 11.7. The van der Waals surface area contributed by atoms with E-state index in [9.17, 15) is 8.42 Å². The Kier molecular flexibility index (Phi) is 4.79. The van der Waals surface area contributed by atoms with Gasteiger partial charge in [0.2, 0.25) is 10.0 Å². The topological polar surface area (TPSA) is 66.4 Å². The summed E-state index contributed by atoms with van der Waals surface area (Å²) in [6.07, 6.45) is 1.55. The standard InChI is InChI=1S/C16H14Cl2N4O2S2/c17-11-1-2-14(13(18)9-11)26(23,24)22-6-4-21(5-7-22)15-12-3-8-25-16(12)20-10-19-15/h1-3,8-10H,4-7H2. The maximum atomic E-state index is 12.9. The van der Waals surface area contributed by atoms with Gasteiger partial charge in [0.25, 0.3) is 0 Å². The maximum Gasteiger partial charge on any atom is 0.244 e. The van der Waals surface area contributed by atoms with E-state index in [1.807, 2.05) is 11.4 Å². The number of benzene rings is 1. The number of hydrogen-bond acceptors (Lipinski definition) is 6. The van der Waals surface area contributed by atoms with Crippen LogP contribution in [0.1, 0.15) is 0 Å². The quantitative estimate of drug-likeness (QED) is 0.638. The van der Waals surface area contributed by atoms with Crippen LogP contribution in [-0.2, 0) is 10.0 Å². The summed E-state index contributed by atoms with van der Waals surface area (Å²) in [5.41, 5.74) is 0. The van der Waals surface area contributed by atoms with Crippen LogP contribution in [0.4, 0.5) is 5.82 Å². The van der Waals surface area contributed by atoms with Crippen molar-refractivity contribution in [3.05, 3.63) is 46.0 Å². The molecule has 6 nitrogen and oxygen atoms in total. The minimum atomic E-state index is -3.66. The van der Waals surface area contributed by atoms with Gasteiger partial charge in [-0.2, -0.15) is 4.31 Å². The first-order chi connectivity index (χ1) is 12.5. The van der Waals surface area contributed by atoms with E-state index in [-0.39, 0.29) is 9.92 Å². The molecule has 0 spiro atoms. The fraction of sp³-hybridized carbons (Fsp3) is 0.250. The molecule has 1 aromatic carbocycles. The summed E-state index contributed by atoms with van der Waals surface area (Å²) >= 11 is 13.5. The molecule has 3 aromatic rings. The van der Waals surface area contributed by atoms with Crippen LogP contribution >= 0.6 is 34.5 Å². The summed E-state index contributed by atoms with van der Waals surface area (Å²) in [6, 6.07) is 6.42. The summed E-state index contributed by atoms with van der Waals surface area (Å²) in [7, 11) is -3.66. The van der Waals surface area contributed by atoms with Crippen molar-refractivity contribution in [3.8, 4) is 0 Å². The highest BCUT2D eigenvalue weighted by Gasteiger charge is 2.31. The fourth-order valence-electron chi connectivity index (χ4n) is 2.99. The predicted molar refractivity (Wildman–Crippen MR) is 105 cm³/mol. The third kappa shape index (κ3) is 3.16. The van der Waals surface area contributed by atoms with Gasteiger partial charge >= 0.3 is 0 Å². The molecule has 1 fully saturated rings. The van der Waals surface area contributed by atoms with E-state index in [1.54, 1.807) is 17.7 Å². The van der Waals surface area contributed by atoms with E-state index in [4.69, 9.17) is 23.2 Å². The molecule has 136 valence electrons. The van der Waals surface area contributed by atoms with Gasteiger partial charge in [0.15, 0.2) is 0 Å². The number of sulfonamides is 1. The van der Waals surface area contributed by atoms with Crippen LogP contribution < -0.4 is 4.90 Å². The first-order valence-corrected chi connectivity index (χ1v) is 10.9. The normalized spacial score (nSPS) is 16.3. The highest BCUT2D eigenvalue weighted by molar-refractivity contribution is 7.89. The number of rotatable bonds is 3. The molecule has 26 heavy (non-hydrogen) atoms. The van der Waals surface area contributed by atoms with Crippen molar-refractivity contribution in [2.75, 3.05) is 31.1 Å². The summed E-state index contributed by atoms with van der Waals surface area (Å²) in [6.45, 7) is 1.81. The van der Waals surface area contributed by atoms with Gasteiger partial charge in [-0.3, -0.25) is 0 Å². The second kappa shape index (κ2) is 6.94. The van der Waals surface area contributed by atoms with Crippen LogP contribution in [0.2, 0.25) is 10.0 Å². The molecule has 0 aliphatic carbocycles. The van der Waals surface area contributed by atoms with Gasteiger partial charge < -0.3 is 4.90 Å². The van der Waals surface area contributed by atoms with Crippen LogP contribution in [0, 0.1) is 0 Å². The average Bonchev–Trinajstić information content (AvgIpc) is 3.10. The summed E-state index contributed by atoms with van der Waals surface area (Å²) in [5, 5.41) is 3.51. The van der Waals surface area contributed by atoms with Crippen LogP contribution in [0.15, 0.2) is 40.9 Å². The number of nitrogens with zero attached hydrogens (tertiary/aromatic N) is 4. The molecule has 0 N–H and O–H groups in total. The third-order valence-corrected chi connectivity index (χ3v) is 7.73. The number of aromatic nitrogens is 2. The van der Waals surface area contributed by atoms with Gasteiger partial charge in [-0.15, -0.1) is 11.3 Å². The molecule has 1 aliphatic rings. The van der Waals surface area contributed by atoms with Crippen LogP contribution in [0.3, 0.4) is 0 Å². The Morgan fingerprint density at radius 1 is 1.04 bits per heavy atom. The Hall–Kier alpha value is -1.45. The zero-order valence-electron chi connectivity index (χ0n) is 13.5. The van der Waals surface area contributed by atoms with E-state index >= 15 is 0 Å². The van der Waals surface area contributed by atoms with Crippen LogP contribution in [-0.4, -0.2) is 48.9 Å². The van der Waals surface area contributed by atoms with Gasteiger partial charge in [-0.05, 0) is 29.6 Å². The van der Waals surface area contributed by atoms with Crippen LogP contribution in [0.5, 0.6) is 0 Å². The number of thiophene rings is 1. The molecule has 0 bridgehead atoms. The smallest absolute Gasteiger partial charge is 0.244 e. The minimum absolute atomic E-state index is 0.0827. The van der Waals surface area contributed by atoms with Crippen molar-refractivity contribution >= 4 is 60.6 Å².